The summed E-state index contributed by atoms with van der Waals surface area (Å²) in [6, 6.07) is 4.83. The van der Waals surface area contributed by atoms with E-state index >= 15 is 0 Å². The van der Waals surface area contributed by atoms with E-state index in [1.807, 2.05) is 4.90 Å². The van der Waals surface area contributed by atoms with Crippen LogP contribution in [0.1, 0.15) is 12.8 Å². The molecule has 1 aliphatic heterocycles. The molecule has 1 aromatic carbocycles. The molecule has 1 N–H and O–H groups in total. The van der Waals surface area contributed by atoms with Crippen LogP contribution >= 0.6 is 15.9 Å². The van der Waals surface area contributed by atoms with Crippen molar-refractivity contribution in [1.29, 1.82) is 0 Å². The minimum Gasteiger partial charge on any atom is -0.369 e. The maximum atomic E-state index is 13.9. The van der Waals surface area contributed by atoms with Crippen molar-refractivity contribution in [2.75, 3.05) is 28.6 Å². The van der Waals surface area contributed by atoms with E-state index in [-0.39, 0.29) is 17.1 Å². The molecule has 0 aromatic heterocycles. The van der Waals surface area contributed by atoms with Crippen LogP contribution in [0.15, 0.2) is 18.2 Å². The topological polar surface area (TPSA) is 32.3 Å². The third-order valence-corrected chi connectivity index (χ3v) is 3.31. The molecule has 1 amide bonds. The summed E-state index contributed by atoms with van der Waals surface area (Å²) in [6.45, 7) is 1.81. The van der Waals surface area contributed by atoms with Crippen molar-refractivity contribution in [3.05, 3.63) is 24.0 Å². The lowest BCUT2D eigenvalue weighted by Gasteiger charge is -2.18. The van der Waals surface area contributed by atoms with Crippen molar-refractivity contribution in [3.63, 3.8) is 0 Å². The van der Waals surface area contributed by atoms with Crippen LogP contribution in [-0.2, 0) is 4.79 Å². The minimum absolute atomic E-state index is 0.182. The van der Waals surface area contributed by atoms with Gasteiger partial charge in [-0.1, -0.05) is 15.9 Å². The Bertz CT molecular complexity index is 419. The van der Waals surface area contributed by atoms with Gasteiger partial charge in [0, 0.05) is 18.8 Å². The smallest absolute Gasteiger partial charge is 0.235 e. The average Bonchev–Trinajstić information content (AvgIpc) is 2.82. The molecule has 3 nitrogen and oxygen atoms in total. The summed E-state index contributed by atoms with van der Waals surface area (Å²) in [4.78, 5) is 13.2. The number of alkyl halides is 1. The van der Waals surface area contributed by atoms with Crippen molar-refractivity contribution < 1.29 is 9.18 Å². The SMILES string of the molecule is O=C(CBr)Nc1ccc(N2CCCC2)c(F)c1. The second kappa shape index (κ2) is 5.49. The summed E-state index contributed by atoms with van der Waals surface area (Å²) in [7, 11) is 0. The average molecular weight is 301 g/mol. The zero-order chi connectivity index (χ0) is 12.3. The number of halogens is 2. The Morgan fingerprint density at radius 1 is 1.41 bits per heavy atom. The maximum Gasteiger partial charge on any atom is 0.235 e. The summed E-state index contributed by atoms with van der Waals surface area (Å²) in [5, 5.41) is 2.82. The van der Waals surface area contributed by atoms with Crippen LogP contribution in [-0.4, -0.2) is 24.3 Å². The van der Waals surface area contributed by atoms with Crippen LogP contribution in [0.2, 0.25) is 0 Å². The molecule has 1 aromatic rings. The van der Waals surface area contributed by atoms with E-state index in [1.54, 1.807) is 12.1 Å². The number of anilines is 2. The van der Waals surface area contributed by atoms with Gasteiger partial charge in [-0.05, 0) is 31.0 Å². The summed E-state index contributed by atoms with van der Waals surface area (Å²) in [6.07, 6.45) is 2.23. The van der Waals surface area contributed by atoms with Gasteiger partial charge >= 0.3 is 0 Å². The number of nitrogens with one attached hydrogen (secondary N) is 1. The predicted molar refractivity (Wildman–Crippen MR) is 70.3 cm³/mol. The summed E-state index contributed by atoms with van der Waals surface area (Å²) in [5.74, 6) is -0.461. The Hall–Kier alpha value is -1.10. The highest BCUT2D eigenvalue weighted by Crippen LogP contribution is 2.25. The minimum atomic E-state index is -0.278. The lowest BCUT2D eigenvalue weighted by molar-refractivity contribution is -0.113. The highest BCUT2D eigenvalue weighted by molar-refractivity contribution is 9.09. The lowest BCUT2D eigenvalue weighted by atomic mass is 10.2. The number of carbonyl (C=O) groups is 1. The maximum absolute atomic E-state index is 13.9. The van der Waals surface area contributed by atoms with E-state index in [9.17, 15) is 9.18 Å². The number of rotatable bonds is 3. The van der Waals surface area contributed by atoms with Gasteiger partial charge in [-0.2, -0.15) is 0 Å². The van der Waals surface area contributed by atoms with Gasteiger partial charge in [-0.3, -0.25) is 4.79 Å². The third-order valence-electron chi connectivity index (χ3n) is 2.80. The zero-order valence-electron chi connectivity index (χ0n) is 9.38. The molecule has 1 aliphatic rings. The van der Waals surface area contributed by atoms with Crippen molar-refractivity contribution in [3.8, 4) is 0 Å². The first-order valence-electron chi connectivity index (χ1n) is 5.61. The monoisotopic (exact) mass is 300 g/mol. The summed E-state index contributed by atoms with van der Waals surface area (Å²) < 4.78 is 13.9. The molecule has 1 heterocycles. The normalized spacial score (nSPS) is 15.1. The first-order chi connectivity index (χ1) is 8.20. The highest BCUT2D eigenvalue weighted by Gasteiger charge is 2.16. The van der Waals surface area contributed by atoms with Crippen LogP contribution < -0.4 is 10.2 Å². The molecule has 1 saturated heterocycles. The number of nitrogens with zero attached hydrogens (tertiary/aromatic N) is 1. The predicted octanol–water partition coefficient (Wildman–Crippen LogP) is 2.76. The fourth-order valence-electron chi connectivity index (χ4n) is 1.99. The Morgan fingerprint density at radius 3 is 2.71 bits per heavy atom. The quantitative estimate of drug-likeness (QED) is 0.871. The van der Waals surface area contributed by atoms with E-state index < -0.39 is 0 Å². The second-order valence-electron chi connectivity index (χ2n) is 4.04. The van der Waals surface area contributed by atoms with E-state index in [1.165, 1.54) is 6.07 Å². The summed E-state index contributed by atoms with van der Waals surface area (Å²) >= 11 is 3.05. The molecule has 0 saturated carbocycles. The highest BCUT2D eigenvalue weighted by atomic mass is 79.9. The number of hydrogen-bond acceptors (Lipinski definition) is 2. The molecular weight excluding hydrogens is 287 g/mol. The zero-order valence-corrected chi connectivity index (χ0v) is 11.0. The molecule has 0 bridgehead atoms. The van der Waals surface area contributed by atoms with E-state index in [0.29, 0.717) is 11.4 Å². The van der Waals surface area contributed by atoms with Crippen LogP contribution in [0.25, 0.3) is 0 Å². The molecule has 0 atom stereocenters. The Labute approximate surface area is 108 Å². The molecule has 17 heavy (non-hydrogen) atoms. The van der Waals surface area contributed by atoms with Crippen LogP contribution in [0, 0.1) is 5.82 Å². The van der Waals surface area contributed by atoms with Crippen molar-refractivity contribution in [2.45, 2.75) is 12.8 Å². The van der Waals surface area contributed by atoms with Crippen molar-refractivity contribution >= 4 is 33.2 Å². The van der Waals surface area contributed by atoms with Gasteiger partial charge in [0.15, 0.2) is 0 Å². The molecule has 0 unspecified atom stereocenters. The molecule has 2 rings (SSSR count). The Kier molecular flexibility index (Phi) is 3.99. The van der Waals surface area contributed by atoms with Gasteiger partial charge < -0.3 is 10.2 Å². The van der Waals surface area contributed by atoms with Crippen LogP contribution in [0.3, 0.4) is 0 Å². The second-order valence-corrected chi connectivity index (χ2v) is 4.60. The van der Waals surface area contributed by atoms with Gasteiger partial charge in [0.1, 0.15) is 5.82 Å². The Balaban J connectivity index is 2.13. The number of benzene rings is 1. The molecular formula is C12H14BrFN2O. The standard InChI is InChI=1S/C12H14BrFN2O/c13-8-12(17)15-9-3-4-11(10(14)7-9)16-5-1-2-6-16/h3-4,7H,1-2,5-6,8H2,(H,15,17). The van der Waals surface area contributed by atoms with Gasteiger partial charge in [0.2, 0.25) is 5.91 Å². The van der Waals surface area contributed by atoms with Crippen molar-refractivity contribution in [1.82, 2.24) is 0 Å². The fourth-order valence-corrected chi connectivity index (χ4v) is 2.13. The Morgan fingerprint density at radius 2 is 2.12 bits per heavy atom. The molecule has 0 radical (unpaired) electrons. The fraction of sp³-hybridized carbons (Fsp3) is 0.417. The number of carbonyl (C=O) groups excluding carboxylic acids is 1. The van der Waals surface area contributed by atoms with Crippen LogP contribution in [0.5, 0.6) is 0 Å². The first-order valence-corrected chi connectivity index (χ1v) is 6.73. The van der Waals surface area contributed by atoms with Gasteiger partial charge in [-0.25, -0.2) is 4.39 Å². The molecule has 0 aliphatic carbocycles. The number of amides is 1. The van der Waals surface area contributed by atoms with Crippen molar-refractivity contribution in [2.24, 2.45) is 0 Å². The third kappa shape index (κ3) is 2.97. The van der Waals surface area contributed by atoms with Crippen LogP contribution in [0.4, 0.5) is 15.8 Å². The van der Waals surface area contributed by atoms with Gasteiger partial charge in [0.25, 0.3) is 0 Å². The first kappa shape index (κ1) is 12.4. The molecule has 1 fully saturated rings. The largest absolute Gasteiger partial charge is 0.369 e. The van der Waals surface area contributed by atoms with Gasteiger partial charge in [0.05, 0.1) is 11.0 Å². The lowest BCUT2D eigenvalue weighted by Crippen LogP contribution is -2.19. The number of hydrogen-bond donors (Lipinski definition) is 1. The van der Waals surface area contributed by atoms with Gasteiger partial charge in [-0.15, -0.1) is 0 Å². The van der Waals surface area contributed by atoms with E-state index in [0.717, 1.165) is 25.9 Å². The summed E-state index contributed by atoms with van der Waals surface area (Å²) in [5.41, 5.74) is 1.12. The van der Waals surface area contributed by atoms with E-state index in [4.69, 9.17) is 0 Å². The van der Waals surface area contributed by atoms with E-state index in [2.05, 4.69) is 21.2 Å². The molecule has 92 valence electrons. The molecule has 5 heteroatoms. The molecule has 0 spiro atoms.